The Labute approximate surface area is 135 Å². The van der Waals surface area contributed by atoms with Crippen molar-refractivity contribution in [1.29, 1.82) is 0 Å². The van der Waals surface area contributed by atoms with Crippen LogP contribution in [0.1, 0.15) is 42.0 Å². The summed E-state index contributed by atoms with van der Waals surface area (Å²) in [4.78, 5) is 16.7. The first-order valence-corrected chi connectivity index (χ1v) is 7.93. The number of ether oxygens (including phenoxy) is 1. The Kier molecular flexibility index (Phi) is 4.43. The van der Waals surface area contributed by atoms with E-state index in [1.165, 1.54) is 0 Å². The van der Waals surface area contributed by atoms with Crippen LogP contribution in [0.25, 0.3) is 11.3 Å². The highest BCUT2D eigenvalue weighted by atomic mass is 16.5. The lowest BCUT2D eigenvalue weighted by atomic mass is 9.81. The van der Waals surface area contributed by atoms with Crippen molar-refractivity contribution < 1.29 is 14.6 Å². The van der Waals surface area contributed by atoms with Gasteiger partial charge in [-0.3, -0.25) is 9.67 Å². The van der Waals surface area contributed by atoms with Crippen molar-refractivity contribution >= 4 is 5.97 Å². The zero-order valence-electron chi connectivity index (χ0n) is 13.4. The van der Waals surface area contributed by atoms with Crippen molar-refractivity contribution in [3.05, 3.63) is 35.8 Å². The molecule has 2 aromatic heterocycles. The molecule has 2 aromatic rings. The van der Waals surface area contributed by atoms with E-state index in [9.17, 15) is 4.79 Å². The molecule has 0 atom stereocenters. The minimum atomic E-state index is -0.428. The van der Waals surface area contributed by atoms with Crippen LogP contribution < -0.4 is 0 Å². The van der Waals surface area contributed by atoms with Crippen molar-refractivity contribution in [2.75, 3.05) is 13.2 Å². The molecule has 0 saturated heterocycles. The third kappa shape index (κ3) is 3.12. The fourth-order valence-corrected chi connectivity index (χ4v) is 2.87. The normalized spacial score (nSPS) is 20.1. The van der Waals surface area contributed by atoms with Crippen molar-refractivity contribution in [2.45, 2.75) is 32.7 Å². The smallest absolute Gasteiger partial charge is 0.359 e. The first-order chi connectivity index (χ1) is 11.1. The summed E-state index contributed by atoms with van der Waals surface area (Å²) < 4.78 is 6.94. The Balaban J connectivity index is 1.96. The summed E-state index contributed by atoms with van der Waals surface area (Å²) in [7, 11) is 0. The van der Waals surface area contributed by atoms with E-state index in [-0.39, 0.29) is 12.6 Å². The fourth-order valence-electron chi connectivity index (χ4n) is 2.87. The van der Waals surface area contributed by atoms with Gasteiger partial charge in [0, 0.05) is 18.5 Å². The van der Waals surface area contributed by atoms with E-state index in [4.69, 9.17) is 9.84 Å². The Morgan fingerprint density at radius 1 is 1.43 bits per heavy atom. The Bertz CT molecular complexity index is 705. The minimum Gasteiger partial charge on any atom is -0.461 e. The van der Waals surface area contributed by atoms with Crippen LogP contribution in [0.3, 0.4) is 0 Å². The van der Waals surface area contributed by atoms with E-state index >= 15 is 0 Å². The van der Waals surface area contributed by atoms with Crippen molar-refractivity contribution in [3.63, 3.8) is 0 Å². The first kappa shape index (κ1) is 15.7. The number of rotatable bonds is 5. The fraction of sp³-hybridized carbons (Fsp3) is 0.471. The largest absolute Gasteiger partial charge is 0.461 e. The summed E-state index contributed by atoms with van der Waals surface area (Å²) in [6.45, 7) is 4.20. The van der Waals surface area contributed by atoms with E-state index in [0.717, 1.165) is 24.2 Å². The highest BCUT2D eigenvalue weighted by Crippen LogP contribution is 2.38. The topological polar surface area (TPSA) is 77.2 Å². The minimum absolute atomic E-state index is 0.203. The molecule has 23 heavy (non-hydrogen) atoms. The second kappa shape index (κ2) is 6.50. The van der Waals surface area contributed by atoms with Gasteiger partial charge in [0.2, 0.25) is 0 Å². The van der Waals surface area contributed by atoms with E-state index in [1.54, 1.807) is 6.92 Å². The molecule has 122 valence electrons. The van der Waals surface area contributed by atoms with Gasteiger partial charge in [-0.25, -0.2) is 4.79 Å². The number of nitrogens with zero attached hydrogens (tertiary/aromatic N) is 3. The molecule has 0 amide bonds. The zero-order valence-corrected chi connectivity index (χ0v) is 13.4. The van der Waals surface area contributed by atoms with Gasteiger partial charge >= 0.3 is 5.97 Å². The van der Waals surface area contributed by atoms with Crippen molar-refractivity contribution in [3.8, 4) is 11.3 Å². The number of pyridine rings is 1. The quantitative estimate of drug-likeness (QED) is 0.857. The van der Waals surface area contributed by atoms with Gasteiger partial charge in [-0.1, -0.05) is 6.07 Å². The van der Waals surface area contributed by atoms with Gasteiger partial charge in [0.15, 0.2) is 5.69 Å². The average molecular weight is 315 g/mol. The van der Waals surface area contributed by atoms with E-state index in [1.807, 2.05) is 36.0 Å². The summed E-state index contributed by atoms with van der Waals surface area (Å²) in [6, 6.07) is 5.91. The molecule has 1 fully saturated rings. The Morgan fingerprint density at radius 3 is 2.87 bits per heavy atom. The van der Waals surface area contributed by atoms with E-state index in [2.05, 4.69) is 10.1 Å². The van der Waals surface area contributed by atoms with Gasteiger partial charge in [0.1, 0.15) is 0 Å². The van der Waals surface area contributed by atoms with Gasteiger partial charge < -0.3 is 9.84 Å². The summed E-state index contributed by atoms with van der Waals surface area (Å²) in [5, 5.41) is 13.6. The number of aromatic nitrogens is 3. The molecule has 1 aliphatic carbocycles. The lowest BCUT2D eigenvalue weighted by molar-refractivity contribution is 0.0515. The van der Waals surface area contributed by atoms with E-state index in [0.29, 0.717) is 23.8 Å². The van der Waals surface area contributed by atoms with Crippen LogP contribution in [-0.2, 0) is 4.74 Å². The number of hydrogen-bond acceptors (Lipinski definition) is 5. The Hall–Kier alpha value is -2.21. The molecule has 1 aliphatic rings. The molecule has 1 saturated carbocycles. The zero-order chi connectivity index (χ0) is 16.4. The van der Waals surface area contributed by atoms with Gasteiger partial charge in [0.05, 0.1) is 23.9 Å². The van der Waals surface area contributed by atoms with Crippen LogP contribution in [-0.4, -0.2) is 39.1 Å². The monoisotopic (exact) mass is 315 g/mol. The molecule has 0 bridgehead atoms. The molecule has 3 rings (SSSR count). The maximum absolute atomic E-state index is 12.2. The second-order valence-corrected chi connectivity index (χ2v) is 5.93. The lowest BCUT2D eigenvalue weighted by Gasteiger charge is -2.34. The number of carbonyl (C=O) groups is 1. The summed E-state index contributed by atoms with van der Waals surface area (Å²) in [5.41, 5.74) is 2.60. The highest BCUT2D eigenvalue weighted by Gasteiger charge is 2.32. The third-order valence-corrected chi connectivity index (χ3v) is 4.21. The molecule has 0 unspecified atom stereocenters. The summed E-state index contributed by atoms with van der Waals surface area (Å²) in [6.07, 6.45) is 3.62. The van der Waals surface area contributed by atoms with Gasteiger partial charge in [-0.2, -0.15) is 5.10 Å². The lowest BCUT2D eigenvalue weighted by Crippen LogP contribution is -2.29. The highest BCUT2D eigenvalue weighted by molar-refractivity contribution is 5.94. The van der Waals surface area contributed by atoms with Crippen LogP contribution in [0, 0.1) is 12.8 Å². The number of carbonyl (C=O) groups excluding carboxylic acids is 1. The third-order valence-electron chi connectivity index (χ3n) is 4.21. The maximum atomic E-state index is 12.2. The van der Waals surface area contributed by atoms with Crippen LogP contribution >= 0.6 is 0 Å². The molecule has 0 spiro atoms. The van der Waals surface area contributed by atoms with Gasteiger partial charge in [-0.15, -0.1) is 0 Å². The molecule has 6 heteroatoms. The van der Waals surface area contributed by atoms with Crippen LogP contribution in [0.5, 0.6) is 0 Å². The van der Waals surface area contributed by atoms with E-state index < -0.39 is 5.97 Å². The van der Waals surface area contributed by atoms with Gasteiger partial charge in [-0.05, 0) is 44.7 Å². The molecule has 0 aromatic carbocycles. The number of hydrogen-bond donors (Lipinski definition) is 1. The molecular formula is C17H21N3O3. The van der Waals surface area contributed by atoms with Crippen LogP contribution in [0.15, 0.2) is 24.4 Å². The molecule has 2 heterocycles. The van der Waals surface area contributed by atoms with Crippen LogP contribution in [0.4, 0.5) is 0 Å². The number of aryl methyl sites for hydroxylation is 1. The number of aliphatic hydroxyl groups is 1. The van der Waals surface area contributed by atoms with Gasteiger partial charge in [0.25, 0.3) is 0 Å². The SMILES string of the molecule is CCOC(=O)c1nn(C2CC(CO)C2)cc1-c1cccc(C)n1. The van der Waals surface area contributed by atoms with Crippen molar-refractivity contribution in [2.24, 2.45) is 5.92 Å². The predicted molar refractivity (Wildman–Crippen MR) is 85.0 cm³/mol. The molecular weight excluding hydrogens is 294 g/mol. The molecule has 1 N–H and O–H groups in total. The van der Waals surface area contributed by atoms with Crippen LogP contribution in [0.2, 0.25) is 0 Å². The maximum Gasteiger partial charge on any atom is 0.359 e. The second-order valence-electron chi connectivity index (χ2n) is 5.93. The van der Waals surface area contributed by atoms with Crippen molar-refractivity contribution in [1.82, 2.24) is 14.8 Å². The summed E-state index contributed by atoms with van der Waals surface area (Å²) in [5.74, 6) is -0.0987. The molecule has 0 radical (unpaired) electrons. The Morgan fingerprint density at radius 2 is 2.22 bits per heavy atom. The number of esters is 1. The average Bonchev–Trinajstić information content (AvgIpc) is 2.91. The first-order valence-electron chi connectivity index (χ1n) is 7.93. The number of aliphatic hydroxyl groups excluding tert-OH is 1. The molecule has 0 aliphatic heterocycles. The molecule has 6 nitrogen and oxygen atoms in total. The predicted octanol–water partition coefficient (Wildman–Crippen LogP) is 2.37. The standard InChI is InChI=1S/C17H21N3O3/c1-3-23-17(22)16-14(15-6-4-5-11(2)18-15)9-20(19-16)13-7-12(8-13)10-21/h4-6,9,12-13,21H,3,7-8,10H2,1-2H3. The summed E-state index contributed by atoms with van der Waals surface area (Å²) >= 11 is 0.